The highest BCUT2D eigenvalue weighted by molar-refractivity contribution is 7.18. The van der Waals surface area contributed by atoms with E-state index in [4.69, 9.17) is 0 Å². The van der Waals surface area contributed by atoms with Crippen LogP contribution in [-0.2, 0) is 25.8 Å². The van der Waals surface area contributed by atoms with Gasteiger partial charge in [0.2, 0.25) is 0 Å². The summed E-state index contributed by atoms with van der Waals surface area (Å²) in [6.07, 6.45) is -3.30. The Hall–Kier alpha value is -3.51. The molecule has 0 atom stereocenters. The highest BCUT2D eigenvalue weighted by Crippen LogP contribution is 2.31. The lowest BCUT2D eigenvalue weighted by molar-refractivity contribution is -0.142. The van der Waals surface area contributed by atoms with Crippen molar-refractivity contribution in [3.63, 3.8) is 0 Å². The van der Waals surface area contributed by atoms with E-state index in [1.165, 1.54) is 17.5 Å². The van der Waals surface area contributed by atoms with Crippen molar-refractivity contribution in [1.82, 2.24) is 35.0 Å². The van der Waals surface area contributed by atoms with Gasteiger partial charge in [0.05, 0.1) is 29.5 Å². The highest BCUT2D eigenvalue weighted by Gasteiger charge is 2.37. The Balaban J connectivity index is 1.35. The first-order chi connectivity index (χ1) is 15.8. The molecule has 1 aromatic carbocycles. The van der Waals surface area contributed by atoms with Gasteiger partial charge in [-0.3, -0.25) is 9.48 Å². The number of aryl methyl sites for hydroxylation is 1. The van der Waals surface area contributed by atoms with Gasteiger partial charge in [0.1, 0.15) is 16.5 Å². The molecule has 0 aliphatic carbocycles. The first-order valence-electron chi connectivity index (χ1n) is 10.0. The Morgan fingerprint density at radius 1 is 1.12 bits per heavy atom. The number of aromatic nitrogens is 6. The maximum atomic E-state index is 13.6. The van der Waals surface area contributed by atoms with Crippen LogP contribution in [-0.4, -0.2) is 29.7 Å². The van der Waals surface area contributed by atoms with Gasteiger partial charge in [-0.05, 0) is 25.1 Å². The van der Waals surface area contributed by atoms with E-state index in [1.807, 2.05) is 31.2 Å². The summed E-state index contributed by atoms with van der Waals surface area (Å²) in [5.74, 6) is 0.867. The number of halogens is 3. The second kappa shape index (κ2) is 8.12. The Labute approximate surface area is 188 Å². The van der Waals surface area contributed by atoms with Gasteiger partial charge in [0.15, 0.2) is 5.69 Å². The summed E-state index contributed by atoms with van der Waals surface area (Å²) in [7, 11) is 0. The van der Waals surface area contributed by atoms with Crippen molar-refractivity contribution in [3.8, 4) is 0 Å². The third kappa shape index (κ3) is 4.39. The third-order valence-corrected chi connectivity index (χ3v) is 5.98. The molecular weight excluding hydrogens is 455 g/mol. The summed E-state index contributed by atoms with van der Waals surface area (Å²) in [5.41, 5.74) is 0.342. The number of alkyl halides is 3. The number of H-pyrrole nitrogens is 2. The van der Waals surface area contributed by atoms with Crippen molar-refractivity contribution in [2.45, 2.75) is 32.7 Å². The molecule has 0 aliphatic rings. The first-order valence-corrected chi connectivity index (χ1v) is 10.8. The molecule has 4 aromatic heterocycles. The van der Waals surface area contributed by atoms with Crippen molar-refractivity contribution >= 4 is 32.6 Å². The van der Waals surface area contributed by atoms with Crippen LogP contribution in [0.4, 0.5) is 13.2 Å². The average molecular weight is 473 g/mol. The van der Waals surface area contributed by atoms with Crippen LogP contribution < -0.4 is 10.9 Å². The second-order valence-electron chi connectivity index (χ2n) is 7.59. The van der Waals surface area contributed by atoms with Crippen molar-refractivity contribution in [2.24, 2.45) is 0 Å². The van der Waals surface area contributed by atoms with Crippen molar-refractivity contribution in [3.05, 3.63) is 74.7 Å². The molecule has 0 bridgehead atoms. The maximum Gasteiger partial charge on any atom is 0.435 e. The lowest BCUT2D eigenvalue weighted by Crippen LogP contribution is -2.17. The van der Waals surface area contributed by atoms with Crippen LogP contribution >= 0.6 is 11.3 Å². The number of nitrogens with zero attached hydrogens (tertiary/aromatic N) is 4. The van der Waals surface area contributed by atoms with Gasteiger partial charge < -0.3 is 15.3 Å². The fourth-order valence-corrected chi connectivity index (χ4v) is 4.54. The Bertz CT molecular complexity index is 1480. The van der Waals surface area contributed by atoms with E-state index >= 15 is 0 Å². The number of fused-ring (bicyclic) bond motifs is 2. The molecule has 12 heteroatoms. The quantitative estimate of drug-likeness (QED) is 0.349. The molecule has 33 heavy (non-hydrogen) atoms. The lowest BCUT2D eigenvalue weighted by atomic mass is 10.2. The smallest absolute Gasteiger partial charge is 0.341 e. The molecule has 170 valence electrons. The molecule has 0 radical (unpaired) electrons. The highest BCUT2D eigenvalue weighted by atomic mass is 32.1. The van der Waals surface area contributed by atoms with E-state index < -0.39 is 11.9 Å². The molecule has 0 amide bonds. The number of thiophene rings is 1. The van der Waals surface area contributed by atoms with Gasteiger partial charge >= 0.3 is 6.18 Å². The number of hydrogen-bond donors (Lipinski definition) is 3. The minimum atomic E-state index is -4.61. The van der Waals surface area contributed by atoms with Crippen molar-refractivity contribution in [2.75, 3.05) is 0 Å². The molecular formula is C21H18F3N7OS. The van der Waals surface area contributed by atoms with E-state index in [-0.39, 0.29) is 36.6 Å². The molecule has 4 heterocycles. The van der Waals surface area contributed by atoms with Crippen LogP contribution in [0.5, 0.6) is 0 Å². The van der Waals surface area contributed by atoms with E-state index in [1.54, 1.807) is 6.07 Å². The molecule has 5 aromatic rings. The van der Waals surface area contributed by atoms with Gasteiger partial charge in [-0.15, -0.1) is 11.3 Å². The molecule has 0 fully saturated rings. The summed E-state index contributed by atoms with van der Waals surface area (Å²) in [6.45, 7) is 1.98. The van der Waals surface area contributed by atoms with Crippen LogP contribution in [0, 0.1) is 6.92 Å². The van der Waals surface area contributed by atoms with Gasteiger partial charge in [0, 0.05) is 23.2 Å². The van der Waals surface area contributed by atoms with Gasteiger partial charge in [0.25, 0.3) is 5.56 Å². The largest absolute Gasteiger partial charge is 0.435 e. The maximum absolute atomic E-state index is 13.6. The zero-order valence-electron chi connectivity index (χ0n) is 17.3. The van der Waals surface area contributed by atoms with Crippen LogP contribution in [0.1, 0.15) is 27.8 Å². The predicted molar refractivity (Wildman–Crippen MR) is 118 cm³/mol. The average Bonchev–Trinajstić information content (AvgIpc) is 3.43. The fraction of sp³-hybridized carbons (Fsp3) is 0.238. The van der Waals surface area contributed by atoms with Crippen LogP contribution in [0.2, 0.25) is 0 Å². The molecule has 0 aliphatic heterocycles. The summed E-state index contributed by atoms with van der Waals surface area (Å²) < 4.78 is 41.9. The monoisotopic (exact) mass is 473 g/mol. The van der Waals surface area contributed by atoms with Crippen LogP contribution in [0.3, 0.4) is 0 Å². The minimum Gasteiger partial charge on any atom is -0.341 e. The summed E-state index contributed by atoms with van der Waals surface area (Å²) >= 11 is 1.35. The molecule has 0 saturated heterocycles. The third-order valence-electron chi connectivity index (χ3n) is 5.04. The van der Waals surface area contributed by atoms with E-state index in [0.717, 1.165) is 20.6 Å². The van der Waals surface area contributed by atoms with Gasteiger partial charge in [-0.1, -0.05) is 12.1 Å². The van der Waals surface area contributed by atoms with E-state index in [2.05, 4.69) is 30.4 Å². The molecule has 0 spiro atoms. The number of benzene rings is 1. The second-order valence-corrected chi connectivity index (χ2v) is 8.83. The Morgan fingerprint density at radius 3 is 2.73 bits per heavy atom. The first kappa shape index (κ1) is 21.3. The number of rotatable bonds is 6. The molecule has 0 saturated carbocycles. The number of imidazole rings is 1. The lowest BCUT2D eigenvalue weighted by Gasteiger charge is -2.06. The summed E-state index contributed by atoms with van der Waals surface area (Å²) in [4.78, 5) is 28.3. The van der Waals surface area contributed by atoms with Crippen LogP contribution in [0.25, 0.3) is 21.3 Å². The van der Waals surface area contributed by atoms with Crippen molar-refractivity contribution in [1.29, 1.82) is 0 Å². The summed E-state index contributed by atoms with van der Waals surface area (Å²) in [6, 6.07) is 9.21. The van der Waals surface area contributed by atoms with Gasteiger partial charge in [-0.25, -0.2) is 9.97 Å². The topological polar surface area (TPSA) is 104 Å². The number of nitrogens with one attached hydrogen (secondary N) is 3. The minimum absolute atomic E-state index is 0.00555. The fourth-order valence-electron chi connectivity index (χ4n) is 3.64. The van der Waals surface area contributed by atoms with Gasteiger partial charge in [-0.2, -0.15) is 18.3 Å². The zero-order valence-corrected chi connectivity index (χ0v) is 18.1. The number of para-hydroxylation sites is 2. The predicted octanol–water partition coefficient (Wildman–Crippen LogP) is 3.72. The normalized spacial score (nSPS) is 12.2. The Morgan fingerprint density at radius 2 is 1.94 bits per heavy atom. The molecule has 0 unspecified atom stereocenters. The Kier molecular flexibility index (Phi) is 5.25. The van der Waals surface area contributed by atoms with Crippen molar-refractivity contribution < 1.29 is 13.2 Å². The van der Waals surface area contributed by atoms with E-state index in [9.17, 15) is 18.0 Å². The number of aromatic amines is 2. The molecule has 8 nitrogen and oxygen atoms in total. The SMILES string of the molecule is Cc1cc2c(=O)[nH]c(Cn3cc(CNCc4nc5ccccc5[nH]4)c(C(F)(F)F)n3)nc2s1. The summed E-state index contributed by atoms with van der Waals surface area (Å²) in [5, 5.41) is 7.17. The standard InChI is InChI=1S/C21H18F3N7OS/c1-11-6-13-19(32)28-17(29-20(13)33-11)10-31-9-12(18(30-31)21(22,23)24)7-25-8-16-26-14-4-2-3-5-15(14)27-16/h2-6,9,25H,7-8,10H2,1H3,(H,26,27)(H,28,29,32). The zero-order chi connectivity index (χ0) is 23.2. The molecule has 3 N–H and O–H groups in total. The number of hydrogen-bond acceptors (Lipinski definition) is 6. The van der Waals surface area contributed by atoms with E-state index in [0.29, 0.717) is 16.0 Å². The van der Waals surface area contributed by atoms with Crippen LogP contribution in [0.15, 0.2) is 41.3 Å². The molecule has 5 rings (SSSR count).